The molecular formula is C12H17ClF3NO2. The van der Waals surface area contributed by atoms with E-state index in [1.54, 1.807) is 0 Å². The molecule has 0 spiro atoms. The van der Waals surface area contributed by atoms with E-state index in [-0.39, 0.29) is 24.1 Å². The van der Waals surface area contributed by atoms with Crippen molar-refractivity contribution in [1.29, 1.82) is 0 Å². The Kier molecular flexibility index (Phi) is 6.62. The van der Waals surface area contributed by atoms with E-state index in [0.717, 1.165) is 0 Å². The van der Waals surface area contributed by atoms with Gasteiger partial charge in [0.2, 0.25) is 0 Å². The van der Waals surface area contributed by atoms with Gasteiger partial charge in [-0.3, -0.25) is 0 Å². The van der Waals surface area contributed by atoms with Gasteiger partial charge in [0, 0.05) is 0 Å². The maximum absolute atomic E-state index is 11.9. The van der Waals surface area contributed by atoms with Crippen LogP contribution in [0.5, 0.6) is 5.75 Å². The summed E-state index contributed by atoms with van der Waals surface area (Å²) in [5.41, 5.74) is 6.36. The summed E-state index contributed by atoms with van der Waals surface area (Å²) in [4.78, 5) is 0. The molecule has 0 bridgehead atoms. The molecule has 0 saturated heterocycles. The summed E-state index contributed by atoms with van der Waals surface area (Å²) < 4.78 is 39.6. The van der Waals surface area contributed by atoms with Crippen LogP contribution in [0.4, 0.5) is 13.2 Å². The first kappa shape index (κ1) is 18.0. The normalized spacial score (nSPS) is 14.7. The van der Waals surface area contributed by atoms with E-state index in [2.05, 4.69) is 4.74 Å². The highest BCUT2D eigenvalue weighted by Crippen LogP contribution is 2.25. The highest BCUT2D eigenvalue weighted by molar-refractivity contribution is 5.85. The molecule has 110 valence electrons. The Bertz CT molecular complexity index is 382. The van der Waals surface area contributed by atoms with Crippen molar-refractivity contribution in [3.8, 4) is 5.75 Å². The highest BCUT2D eigenvalue weighted by atomic mass is 35.5. The van der Waals surface area contributed by atoms with Crippen LogP contribution in [0, 0.1) is 5.92 Å². The minimum absolute atomic E-state index is 0. The topological polar surface area (TPSA) is 55.5 Å². The van der Waals surface area contributed by atoms with Gasteiger partial charge in [0.15, 0.2) is 0 Å². The lowest BCUT2D eigenvalue weighted by Gasteiger charge is -2.22. The Morgan fingerprint density at radius 3 is 2.00 bits per heavy atom. The molecule has 0 aliphatic rings. The summed E-state index contributed by atoms with van der Waals surface area (Å²) in [5.74, 6) is -0.344. The third-order valence-corrected chi connectivity index (χ3v) is 2.55. The molecule has 0 unspecified atom stereocenters. The number of rotatable bonds is 4. The molecular weight excluding hydrogens is 283 g/mol. The molecule has 0 aliphatic heterocycles. The quantitative estimate of drug-likeness (QED) is 0.898. The zero-order valence-electron chi connectivity index (χ0n) is 10.5. The van der Waals surface area contributed by atoms with Crippen molar-refractivity contribution in [3.05, 3.63) is 29.8 Å². The Morgan fingerprint density at radius 2 is 1.63 bits per heavy atom. The fourth-order valence-corrected chi connectivity index (χ4v) is 1.50. The molecule has 3 N–H and O–H groups in total. The number of benzene rings is 1. The first-order valence-electron chi connectivity index (χ1n) is 5.50. The van der Waals surface area contributed by atoms with Crippen LogP contribution < -0.4 is 10.5 Å². The number of alkyl halides is 3. The van der Waals surface area contributed by atoms with E-state index in [9.17, 15) is 18.3 Å². The van der Waals surface area contributed by atoms with E-state index >= 15 is 0 Å². The summed E-state index contributed by atoms with van der Waals surface area (Å²) in [5, 5.41) is 9.77. The second-order valence-electron chi connectivity index (χ2n) is 4.38. The van der Waals surface area contributed by atoms with Gasteiger partial charge in [-0.25, -0.2) is 0 Å². The second kappa shape index (κ2) is 6.98. The van der Waals surface area contributed by atoms with Crippen LogP contribution >= 0.6 is 12.4 Å². The van der Waals surface area contributed by atoms with Gasteiger partial charge in [0.1, 0.15) is 5.75 Å². The number of aliphatic hydroxyl groups is 1. The lowest BCUT2D eigenvalue weighted by Crippen LogP contribution is -2.30. The van der Waals surface area contributed by atoms with Crippen molar-refractivity contribution in [2.24, 2.45) is 11.7 Å². The summed E-state index contributed by atoms with van der Waals surface area (Å²) in [6.45, 7) is 3.62. The lowest BCUT2D eigenvalue weighted by molar-refractivity contribution is -0.274. The molecule has 1 aromatic rings. The molecule has 19 heavy (non-hydrogen) atoms. The summed E-state index contributed by atoms with van der Waals surface area (Å²) >= 11 is 0. The third kappa shape index (κ3) is 5.67. The fraction of sp³-hybridized carbons (Fsp3) is 0.500. The molecule has 1 aromatic carbocycles. The van der Waals surface area contributed by atoms with Crippen LogP contribution in [0.15, 0.2) is 24.3 Å². The van der Waals surface area contributed by atoms with Crippen molar-refractivity contribution >= 4 is 12.4 Å². The second-order valence-corrected chi connectivity index (χ2v) is 4.38. The maximum Gasteiger partial charge on any atom is 0.573 e. The van der Waals surface area contributed by atoms with Crippen molar-refractivity contribution in [1.82, 2.24) is 0 Å². The van der Waals surface area contributed by atoms with Gasteiger partial charge in [-0.05, 0) is 23.6 Å². The summed E-state index contributed by atoms with van der Waals surface area (Å²) in [6.07, 6.45) is -5.46. The van der Waals surface area contributed by atoms with E-state index in [0.29, 0.717) is 5.56 Å². The SMILES string of the molecule is CC(C)[C@H](O)[C@H](N)c1ccc(OC(F)(F)F)cc1.Cl. The predicted octanol–water partition coefficient (Wildman–Crippen LogP) is 3.02. The van der Waals surface area contributed by atoms with Crippen molar-refractivity contribution < 1.29 is 23.0 Å². The number of aliphatic hydroxyl groups excluding tert-OH is 1. The Labute approximate surface area is 116 Å². The number of halogens is 4. The van der Waals surface area contributed by atoms with Crippen molar-refractivity contribution in [2.45, 2.75) is 32.4 Å². The minimum Gasteiger partial charge on any atom is -0.406 e. The van der Waals surface area contributed by atoms with Crippen LogP contribution in [0.2, 0.25) is 0 Å². The largest absolute Gasteiger partial charge is 0.573 e. The molecule has 0 saturated carbocycles. The molecule has 0 aromatic heterocycles. The smallest absolute Gasteiger partial charge is 0.406 e. The predicted molar refractivity (Wildman–Crippen MR) is 68.1 cm³/mol. The molecule has 0 radical (unpaired) electrons. The molecule has 0 heterocycles. The highest BCUT2D eigenvalue weighted by Gasteiger charge is 2.31. The van der Waals surface area contributed by atoms with Gasteiger partial charge in [0.25, 0.3) is 0 Å². The standard InChI is InChI=1S/C12H16F3NO2.ClH/c1-7(2)11(17)10(16)8-3-5-9(6-4-8)18-12(13,14)15;/h3-7,10-11,17H,16H2,1-2H3;1H/t10-,11+;/m1./s1. The van der Waals surface area contributed by atoms with Gasteiger partial charge < -0.3 is 15.6 Å². The Morgan fingerprint density at radius 1 is 1.16 bits per heavy atom. The number of ether oxygens (including phenoxy) is 1. The van der Waals surface area contributed by atoms with Crippen molar-refractivity contribution in [3.63, 3.8) is 0 Å². The average molecular weight is 300 g/mol. The third-order valence-electron chi connectivity index (χ3n) is 2.55. The molecule has 0 amide bonds. The molecule has 2 atom stereocenters. The number of hydrogen-bond donors (Lipinski definition) is 2. The maximum atomic E-state index is 11.9. The van der Waals surface area contributed by atoms with Crippen LogP contribution in [0.25, 0.3) is 0 Å². The van der Waals surface area contributed by atoms with E-state index in [1.165, 1.54) is 24.3 Å². The molecule has 1 rings (SSSR count). The van der Waals surface area contributed by atoms with Gasteiger partial charge in [-0.1, -0.05) is 26.0 Å². The number of hydrogen-bond acceptors (Lipinski definition) is 3. The zero-order valence-corrected chi connectivity index (χ0v) is 11.3. The lowest BCUT2D eigenvalue weighted by atomic mass is 9.94. The van der Waals surface area contributed by atoms with Gasteiger partial charge in [0.05, 0.1) is 12.1 Å². The molecule has 0 aliphatic carbocycles. The first-order chi connectivity index (χ1) is 8.20. The van der Waals surface area contributed by atoms with Gasteiger partial charge >= 0.3 is 6.36 Å². The Hall–Kier alpha value is -0.980. The average Bonchev–Trinajstić information content (AvgIpc) is 2.26. The summed E-state index contributed by atoms with van der Waals surface area (Å²) in [7, 11) is 0. The van der Waals surface area contributed by atoms with Crippen LogP contribution in [-0.2, 0) is 0 Å². The first-order valence-corrected chi connectivity index (χ1v) is 5.50. The van der Waals surface area contributed by atoms with E-state index in [4.69, 9.17) is 5.73 Å². The van der Waals surface area contributed by atoms with Gasteiger partial charge in [-0.2, -0.15) is 0 Å². The molecule has 3 nitrogen and oxygen atoms in total. The summed E-state index contributed by atoms with van der Waals surface area (Å²) in [6, 6.07) is 4.55. The molecule has 7 heteroatoms. The van der Waals surface area contributed by atoms with Crippen LogP contribution in [0.3, 0.4) is 0 Å². The number of nitrogens with two attached hydrogens (primary N) is 1. The van der Waals surface area contributed by atoms with Crippen molar-refractivity contribution in [2.75, 3.05) is 0 Å². The van der Waals surface area contributed by atoms with Crippen LogP contribution in [0.1, 0.15) is 25.5 Å². The van der Waals surface area contributed by atoms with Crippen LogP contribution in [-0.4, -0.2) is 17.6 Å². The fourth-order valence-electron chi connectivity index (χ4n) is 1.50. The molecule has 0 fully saturated rings. The van der Waals surface area contributed by atoms with Gasteiger partial charge in [-0.15, -0.1) is 25.6 Å². The zero-order chi connectivity index (χ0) is 13.9. The van der Waals surface area contributed by atoms with E-state index in [1.807, 2.05) is 13.8 Å². The Balaban J connectivity index is 0.00000324. The minimum atomic E-state index is -4.71. The monoisotopic (exact) mass is 299 g/mol. The van der Waals surface area contributed by atoms with E-state index < -0.39 is 18.5 Å².